The Balaban J connectivity index is 2.12. The molecule has 0 aromatic carbocycles. The van der Waals surface area contributed by atoms with E-state index in [0.29, 0.717) is 11.3 Å². The standard InChI is InChI=1S/C9H14ClN3/c1-6(5-8-3-4-8)13-7(2)11-12-9(13)10/h6,8H,3-5H2,1-2H3. The van der Waals surface area contributed by atoms with E-state index in [-0.39, 0.29) is 0 Å². The van der Waals surface area contributed by atoms with Gasteiger partial charge in [0.1, 0.15) is 5.82 Å². The lowest BCUT2D eigenvalue weighted by Crippen LogP contribution is -2.08. The zero-order chi connectivity index (χ0) is 9.42. The summed E-state index contributed by atoms with van der Waals surface area (Å²) in [6, 6.07) is 0.440. The van der Waals surface area contributed by atoms with Crippen LogP contribution in [0, 0.1) is 12.8 Å². The van der Waals surface area contributed by atoms with Gasteiger partial charge in [0.2, 0.25) is 5.28 Å². The van der Waals surface area contributed by atoms with Crippen LogP contribution < -0.4 is 0 Å². The molecule has 1 saturated carbocycles. The van der Waals surface area contributed by atoms with Gasteiger partial charge >= 0.3 is 0 Å². The lowest BCUT2D eigenvalue weighted by atomic mass is 10.1. The van der Waals surface area contributed by atoms with E-state index in [4.69, 9.17) is 11.6 Å². The van der Waals surface area contributed by atoms with Gasteiger partial charge in [0.25, 0.3) is 0 Å². The van der Waals surface area contributed by atoms with Crippen molar-refractivity contribution in [3.05, 3.63) is 11.1 Å². The maximum atomic E-state index is 5.93. The predicted molar refractivity (Wildman–Crippen MR) is 51.8 cm³/mol. The van der Waals surface area contributed by atoms with Crippen molar-refractivity contribution in [1.29, 1.82) is 0 Å². The zero-order valence-electron chi connectivity index (χ0n) is 8.00. The molecule has 0 bridgehead atoms. The lowest BCUT2D eigenvalue weighted by molar-refractivity contribution is 0.467. The molecule has 1 unspecified atom stereocenters. The first kappa shape index (κ1) is 9.00. The fourth-order valence-electron chi connectivity index (χ4n) is 1.79. The third-order valence-corrected chi connectivity index (χ3v) is 2.89. The number of aromatic nitrogens is 3. The molecule has 1 aliphatic carbocycles. The third-order valence-electron chi connectivity index (χ3n) is 2.64. The molecule has 1 aromatic heterocycles. The monoisotopic (exact) mass is 199 g/mol. The van der Waals surface area contributed by atoms with E-state index in [1.54, 1.807) is 0 Å². The first-order chi connectivity index (χ1) is 6.18. The Morgan fingerprint density at radius 1 is 1.54 bits per heavy atom. The highest BCUT2D eigenvalue weighted by molar-refractivity contribution is 6.28. The highest BCUT2D eigenvalue weighted by Crippen LogP contribution is 2.37. The Bertz CT molecular complexity index is 284. The highest BCUT2D eigenvalue weighted by Gasteiger charge is 2.25. The summed E-state index contributed by atoms with van der Waals surface area (Å²) in [5.74, 6) is 1.83. The summed E-state index contributed by atoms with van der Waals surface area (Å²) in [6.45, 7) is 4.13. The van der Waals surface area contributed by atoms with Gasteiger partial charge in [-0.1, -0.05) is 12.8 Å². The lowest BCUT2D eigenvalue weighted by Gasteiger charge is -2.14. The van der Waals surface area contributed by atoms with Gasteiger partial charge in [0.15, 0.2) is 0 Å². The number of halogens is 1. The molecule has 0 saturated heterocycles. The van der Waals surface area contributed by atoms with E-state index >= 15 is 0 Å². The minimum absolute atomic E-state index is 0.440. The van der Waals surface area contributed by atoms with Crippen LogP contribution in [-0.2, 0) is 0 Å². The zero-order valence-corrected chi connectivity index (χ0v) is 8.75. The second kappa shape index (κ2) is 3.29. The Morgan fingerprint density at radius 3 is 2.69 bits per heavy atom. The van der Waals surface area contributed by atoms with Crippen molar-refractivity contribution in [3.63, 3.8) is 0 Å². The molecule has 3 nitrogen and oxygen atoms in total. The van der Waals surface area contributed by atoms with Crippen LogP contribution in [0.25, 0.3) is 0 Å². The van der Waals surface area contributed by atoms with E-state index < -0.39 is 0 Å². The van der Waals surface area contributed by atoms with Crippen LogP contribution in [0.15, 0.2) is 0 Å². The molecule has 1 fully saturated rings. The minimum atomic E-state index is 0.440. The number of hydrogen-bond acceptors (Lipinski definition) is 2. The second-order valence-electron chi connectivity index (χ2n) is 3.91. The van der Waals surface area contributed by atoms with Gasteiger partial charge in [-0.3, -0.25) is 4.57 Å². The number of hydrogen-bond donors (Lipinski definition) is 0. The molecule has 72 valence electrons. The molecular weight excluding hydrogens is 186 g/mol. The van der Waals surface area contributed by atoms with Crippen LogP contribution in [0.3, 0.4) is 0 Å². The molecule has 1 heterocycles. The summed E-state index contributed by atoms with van der Waals surface area (Å²) < 4.78 is 2.01. The molecule has 0 spiro atoms. The van der Waals surface area contributed by atoms with Gasteiger partial charge in [-0.05, 0) is 37.8 Å². The smallest absolute Gasteiger partial charge is 0.225 e. The Hall–Kier alpha value is -0.570. The van der Waals surface area contributed by atoms with Gasteiger partial charge < -0.3 is 0 Å². The van der Waals surface area contributed by atoms with Gasteiger partial charge in [0.05, 0.1) is 0 Å². The van der Waals surface area contributed by atoms with Crippen LogP contribution in [0.4, 0.5) is 0 Å². The summed E-state index contributed by atoms with van der Waals surface area (Å²) in [7, 11) is 0. The van der Waals surface area contributed by atoms with Crippen molar-refractivity contribution >= 4 is 11.6 Å². The third kappa shape index (κ3) is 1.85. The van der Waals surface area contributed by atoms with E-state index in [1.165, 1.54) is 19.3 Å². The van der Waals surface area contributed by atoms with Crippen LogP contribution in [-0.4, -0.2) is 14.8 Å². The second-order valence-corrected chi connectivity index (χ2v) is 4.25. The topological polar surface area (TPSA) is 30.7 Å². The molecular formula is C9H14ClN3. The minimum Gasteiger partial charge on any atom is -0.299 e. The average Bonchev–Trinajstić information content (AvgIpc) is 2.79. The molecule has 0 N–H and O–H groups in total. The van der Waals surface area contributed by atoms with Gasteiger partial charge in [-0.25, -0.2) is 0 Å². The fourth-order valence-corrected chi connectivity index (χ4v) is 2.11. The largest absolute Gasteiger partial charge is 0.299 e. The summed E-state index contributed by atoms with van der Waals surface area (Å²) in [5, 5.41) is 8.31. The van der Waals surface area contributed by atoms with E-state index in [0.717, 1.165) is 11.7 Å². The SMILES string of the molecule is Cc1nnc(Cl)n1C(C)CC1CC1. The number of nitrogens with zero attached hydrogens (tertiary/aromatic N) is 3. The highest BCUT2D eigenvalue weighted by atomic mass is 35.5. The van der Waals surface area contributed by atoms with E-state index in [1.807, 2.05) is 11.5 Å². The molecule has 1 aromatic rings. The van der Waals surface area contributed by atoms with E-state index in [9.17, 15) is 0 Å². The Morgan fingerprint density at radius 2 is 2.23 bits per heavy atom. The quantitative estimate of drug-likeness (QED) is 0.749. The average molecular weight is 200 g/mol. The van der Waals surface area contributed by atoms with Crippen molar-refractivity contribution in [2.75, 3.05) is 0 Å². The van der Waals surface area contributed by atoms with Crippen molar-refractivity contribution < 1.29 is 0 Å². The van der Waals surface area contributed by atoms with E-state index in [2.05, 4.69) is 17.1 Å². The van der Waals surface area contributed by atoms with Gasteiger partial charge in [-0.15, -0.1) is 10.2 Å². The molecule has 13 heavy (non-hydrogen) atoms. The van der Waals surface area contributed by atoms with Crippen LogP contribution in [0.5, 0.6) is 0 Å². The number of aryl methyl sites for hydroxylation is 1. The summed E-state index contributed by atoms with van der Waals surface area (Å²) >= 11 is 5.93. The van der Waals surface area contributed by atoms with Crippen molar-refractivity contribution in [3.8, 4) is 0 Å². The molecule has 1 aliphatic rings. The summed E-state index contributed by atoms with van der Waals surface area (Å²) in [6.07, 6.45) is 3.96. The summed E-state index contributed by atoms with van der Waals surface area (Å²) in [5.41, 5.74) is 0. The van der Waals surface area contributed by atoms with Crippen LogP contribution >= 0.6 is 11.6 Å². The molecule has 0 aliphatic heterocycles. The summed E-state index contributed by atoms with van der Waals surface area (Å²) in [4.78, 5) is 0. The number of rotatable bonds is 3. The van der Waals surface area contributed by atoms with Crippen LogP contribution in [0.1, 0.15) is 38.1 Å². The van der Waals surface area contributed by atoms with Gasteiger partial charge in [-0.2, -0.15) is 0 Å². The Kier molecular flexibility index (Phi) is 2.28. The van der Waals surface area contributed by atoms with Gasteiger partial charge in [0, 0.05) is 6.04 Å². The molecule has 1 atom stereocenters. The maximum absolute atomic E-state index is 5.93. The first-order valence-corrected chi connectivity index (χ1v) is 5.13. The first-order valence-electron chi connectivity index (χ1n) is 4.75. The van der Waals surface area contributed by atoms with Crippen LogP contribution in [0.2, 0.25) is 5.28 Å². The normalized spacial score (nSPS) is 19.0. The van der Waals surface area contributed by atoms with Crippen molar-refractivity contribution in [1.82, 2.24) is 14.8 Å². The fraction of sp³-hybridized carbons (Fsp3) is 0.778. The predicted octanol–water partition coefficient (Wildman–Crippen LogP) is 2.60. The molecule has 0 amide bonds. The molecule has 4 heteroatoms. The Labute approximate surface area is 83.1 Å². The molecule has 0 radical (unpaired) electrons. The molecule has 2 rings (SSSR count). The van der Waals surface area contributed by atoms with Crippen molar-refractivity contribution in [2.45, 2.75) is 39.2 Å². The van der Waals surface area contributed by atoms with Crippen molar-refractivity contribution in [2.24, 2.45) is 5.92 Å². The maximum Gasteiger partial charge on any atom is 0.225 e.